The zero-order valence-electron chi connectivity index (χ0n) is 11.5. The molecule has 4 nitrogen and oxygen atoms in total. The van der Waals surface area contributed by atoms with Crippen molar-refractivity contribution in [3.8, 4) is 11.3 Å². The van der Waals surface area contributed by atoms with Crippen LogP contribution in [0.2, 0.25) is 5.02 Å². The average Bonchev–Trinajstić information content (AvgIpc) is 2.56. The van der Waals surface area contributed by atoms with Crippen molar-refractivity contribution in [1.29, 1.82) is 0 Å². The molecule has 108 valence electrons. The van der Waals surface area contributed by atoms with Crippen LogP contribution in [0.25, 0.3) is 11.3 Å². The third-order valence-electron chi connectivity index (χ3n) is 3.01. The van der Waals surface area contributed by atoms with Gasteiger partial charge in [-0.3, -0.25) is 4.79 Å². The average molecular weight is 310 g/mol. The van der Waals surface area contributed by atoms with Crippen LogP contribution in [0.5, 0.6) is 0 Å². The van der Waals surface area contributed by atoms with E-state index in [4.69, 9.17) is 11.6 Å². The second-order valence-electron chi connectivity index (χ2n) is 4.59. The van der Waals surface area contributed by atoms with E-state index in [0.717, 1.165) is 5.56 Å². The Hall–Kier alpha value is -2.72. The molecule has 2 aromatic heterocycles. The minimum atomic E-state index is -0.303. The first-order valence-corrected chi connectivity index (χ1v) is 7.05. The molecule has 0 radical (unpaired) electrons. The first-order chi connectivity index (χ1) is 10.7. The molecule has 1 amide bonds. The minimum Gasteiger partial charge on any atom is -0.305 e. The molecule has 0 saturated heterocycles. The van der Waals surface area contributed by atoms with Crippen LogP contribution < -0.4 is 5.32 Å². The second kappa shape index (κ2) is 6.37. The summed E-state index contributed by atoms with van der Waals surface area (Å²) < 4.78 is 0. The fourth-order valence-electron chi connectivity index (χ4n) is 1.99. The number of carbonyl (C=O) groups is 1. The Labute approximate surface area is 132 Å². The van der Waals surface area contributed by atoms with E-state index in [1.807, 2.05) is 24.3 Å². The summed E-state index contributed by atoms with van der Waals surface area (Å²) in [6.45, 7) is 0. The van der Waals surface area contributed by atoms with E-state index in [2.05, 4.69) is 15.3 Å². The molecule has 3 rings (SSSR count). The maximum Gasteiger partial charge on any atom is 0.275 e. The Morgan fingerprint density at radius 3 is 2.64 bits per heavy atom. The molecule has 0 aliphatic heterocycles. The number of hydrogen-bond acceptors (Lipinski definition) is 3. The van der Waals surface area contributed by atoms with Crippen LogP contribution in [0, 0.1) is 0 Å². The zero-order valence-corrected chi connectivity index (χ0v) is 12.3. The van der Waals surface area contributed by atoms with Crippen molar-refractivity contribution in [1.82, 2.24) is 9.97 Å². The third kappa shape index (κ3) is 3.30. The number of aromatic nitrogens is 2. The fourth-order valence-corrected chi connectivity index (χ4v) is 2.18. The smallest absolute Gasteiger partial charge is 0.275 e. The maximum absolute atomic E-state index is 12.2. The van der Waals surface area contributed by atoms with E-state index in [0.29, 0.717) is 22.2 Å². The van der Waals surface area contributed by atoms with Crippen LogP contribution >= 0.6 is 11.6 Å². The largest absolute Gasteiger partial charge is 0.305 e. The van der Waals surface area contributed by atoms with Gasteiger partial charge in [-0.25, -0.2) is 9.97 Å². The van der Waals surface area contributed by atoms with Crippen molar-refractivity contribution in [2.45, 2.75) is 0 Å². The molecule has 0 aliphatic rings. The summed E-state index contributed by atoms with van der Waals surface area (Å²) in [6, 6.07) is 17.9. The van der Waals surface area contributed by atoms with Crippen LogP contribution in [0.15, 0.2) is 66.9 Å². The third-order valence-corrected chi connectivity index (χ3v) is 3.24. The van der Waals surface area contributed by atoms with Crippen molar-refractivity contribution in [3.05, 3.63) is 77.6 Å². The number of pyridine rings is 2. The molecule has 0 aliphatic carbocycles. The summed E-state index contributed by atoms with van der Waals surface area (Å²) in [6.07, 6.45) is 1.62. The molecule has 22 heavy (non-hydrogen) atoms. The van der Waals surface area contributed by atoms with Gasteiger partial charge in [-0.05, 0) is 36.4 Å². The van der Waals surface area contributed by atoms with Crippen LogP contribution in [0.3, 0.4) is 0 Å². The number of rotatable bonds is 3. The van der Waals surface area contributed by atoms with Gasteiger partial charge in [0, 0.05) is 16.8 Å². The summed E-state index contributed by atoms with van der Waals surface area (Å²) in [5.74, 6) is 0.185. The first-order valence-electron chi connectivity index (χ1n) is 6.68. The summed E-state index contributed by atoms with van der Waals surface area (Å²) in [4.78, 5) is 20.7. The van der Waals surface area contributed by atoms with Crippen molar-refractivity contribution >= 4 is 23.3 Å². The predicted octanol–water partition coefficient (Wildman–Crippen LogP) is 4.05. The molecule has 1 N–H and O–H groups in total. The fraction of sp³-hybridized carbons (Fsp3) is 0. The van der Waals surface area contributed by atoms with E-state index >= 15 is 0 Å². The summed E-state index contributed by atoms with van der Waals surface area (Å²) >= 11 is 5.99. The van der Waals surface area contributed by atoms with Gasteiger partial charge in [0.1, 0.15) is 11.5 Å². The zero-order chi connectivity index (χ0) is 15.4. The van der Waals surface area contributed by atoms with Crippen molar-refractivity contribution in [3.63, 3.8) is 0 Å². The van der Waals surface area contributed by atoms with E-state index < -0.39 is 0 Å². The van der Waals surface area contributed by atoms with Gasteiger partial charge in [0.25, 0.3) is 5.91 Å². The number of carbonyl (C=O) groups excluding carboxylic acids is 1. The van der Waals surface area contributed by atoms with E-state index in [1.54, 1.807) is 42.6 Å². The standard InChI is InChI=1S/C17H12ClN3O/c18-13-6-3-5-12(11-13)14-7-4-8-15(20-14)17(22)21-16-9-1-2-10-19-16/h1-11H,(H,19,21,22). The van der Waals surface area contributed by atoms with Crippen molar-refractivity contribution in [2.75, 3.05) is 5.32 Å². The number of amides is 1. The Balaban J connectivity index is 1.86. The Morgan fingerprint density at radius 2 is 1.86 bits per heavy atom. The minimum absolute atomic E-state index is 0.303. The normalized spacial score (nSPS) is 10.2. The number of halogens is 1. The number of anilines is 1. The van der Waals surface area contributed by atoms with Gasteiger partial charge in [0.05, 0.1) is 5.69 Å². The number of benzene rings is 1. The lowest BCUT2D eigenvalue weighted by Crippen LogP contribution is -2.14. The SMILES string of the molecule is O=C(Nc1ccccn1)c1cccc(-c2cccc(Cl)c2)n1. The van der Waals surface area contributed by atoms with Gasteiger partial charge in [-0.1, -0.05) is 35.9 Å². The van der Waals surface area contributed by atoms with Crippen molar-refractivity contribution < 1.29 is 4.79 Å². The molecule has 0 spiro atoms. The Morgan fingerprint density at radius 1 is 1.00 bits per heavy atom. The number of nitrogens with one attached hydrogen (secondary N) is 1. The maximum atomic E-state index is 12.2. The van der Waals surface area contributed by atoms with Gasteiger partial charge in [0.2, 0.25) is 0 Å². The predicted molar refractivity (Wildman–Crippen MR) is 86.9 cm³/mol. The highest BCUT2D eigenvalue weighted by Crippen LogP contribution is 2.21. The van der Waals surface area contributed by atoms with E-state index in [-0.39, 0.29) is 5.91 Å². The molecule has 0 bridgehead atoms. The molecular weight excluding hydrogens is 298 g/mol. The van der Waals surface area contributed by atoms with E-state index in [1.165, 1.54) is 0 Å². The van der Waals surface area contributed by atoms with Gasteiger partial charge < -0.3 is 5.32 Å². The Kier molecular flexibility index (Phi) is 4.12. The first kappa shape index (κ1) is 14.2. The second-order valence-corrected chi connectivity index (χ2v) is 5.02. The lowest BCUT2D eigenvalue weighted by atomic mass is 10.1. The van der Waals surface area contributed by atoms with Crippen LogP contribution in [0.4, 0.5) is 5.82 Å². The van der Waals surface area contributed by atoms with Crippen LogP contribution in [0.1, 0.15) is 10.5 Å². The molecule has 0 unspecified atom stereocenters. The molecule has 1 aromatic carbocycles. The van der Waals surface area contributed by atoms with Crippen LogP contribution in [-0.2, 0) is 0 Å². The highest BCUT2D eigenvalue weighted by Gasteiger charge is 2.10. The molecular formula is C17H12ClN3O. The molecule has 5 heteroatoms. The van der Waals surface area contributed by atoms with Gasteiger partial charge in [0.15, 0.2) is 0 Å². The lowest BCUT2D eigenvalue weighted by Gasteiger charge is -2.06. The summed E-state index contributed by atoms with van der Waals surface area (Å²) in [7, 11) is 0. The van der Waals surface area contributed by atoms with Gasteiger partial charge in [-0.15, -0.1) is 0 Å². The molecule has 3 aromatic rings. The van der Waals surface area contributed by atoms with Crippen molar-refractivity contribution in [2.24, 2.45) is 0 Å². The van der Waals surface area contributed by atoms with Gasteiger partial charge >= 0.3 is 0 Å². The molecule has 0 atom stereocenters. The monoisotopic (exact) mass is 309 g/mol. The molecule has 0 saturated carbocycles. The topological polar surface area (TPSA) is 54.9 Å². The highest BCUT2D eigenvalue weighted by molar-refractivity contribution is 6.30. The molecule has 0 fully saturated rings. The molecule has 2 heterocycles. The number of hydrogen-bond donors (Lipinski definition) is 1. The van der Waals surface area contributed by atoms with E-state index in [9.17, 15) is 4.79 Å². The lowest BCUT2D eigenvalue weighted by molar-refractivity contribution is 0.102. The summed E-state index contributed by atoms with van der Waals surface area (Å²) in [5.41, 5.74) is 1.87. The highest BCUT2D eigenvalue weighted by atomic mass is 35.5. The Bertz CT molecular complexity index is 806. The summed E-state index contributed by atoms with van der Waals surface area (Å²) in [5, 5.41) is 3.34. The van der Waals surface area contributed by atoms with Crippen LogP contribution in [-0.4, -0.2) is 15.9 Å². The number of nitrogens with zero attached hydrogens (tertiary/aromatic N) is 2. The quantitative estimate of drug-likeness (QED) is 0.794. The van der Waals surface area contributed by atoms with Gasteiger partial charge in [-0.2, -0.15) is 0 Å².